The SMILES string of the molecule is CC(C)C1CCCCC1(C)O. The Morgan fingerprint density at radius 1 is 1.36 bits per heavy atom. The molecule has 66 valence electrons. The number of hydrogen-bond acceptors (Lipinski definition) is 1. The molecule has 0 aromatic carbocycles. The standard InChI is InChI=1S/C10H20O/c1-8(2)9-6-4-5-7-10(9,3)11/h8-9,11H,4-7H2,1-3H3. The molecule has 1 heteroatoms. The van der Waals surface area contributed by atoms with Crippen molar-refractivity contribution in [3.63, 3.8) is 0 Å². The van der Waals surface area contributed by atoms with Crippen LogP contribution in [0.2, 0.25) is 0 Å². The van der Waals surface area contributed by atoms with Gasteiger partial charge in [-0.05, 0) is 31.6 Å². The van der Waals surface area contributed by atoms with Crippen molar-refractivity contribution in [2.45, 2.75) is 52.1 Å². The first-order chi connectivity index (χ1) is 5.04. The summed E-state index contributed by atoms with van der Waals surface area (Å²) in [6, 6.07) is 0. The first kappa shape index (κ1) is 9.05. The van der Waals surface area contributed by atoms with Crippen molar-refractivity contribution in [3.8, 4) is 0 Å². The van der Waals surface area contributed by atoms with E-state index in [1.807, 2.05) is 6.92 Å². The molecular weight excluding hydrogens is 136 g/mol. The van der Waals surface area contributed by atoms with Crippen LogP contribution in [0.15, 0.2) is 0 Å². The zero-order valence-corrected chi connectivity index (χ0v) is 7.93. The molecule has 1 aliphatic rings. The largest absolute Gasteiger partial charge is 0.390 e. The van der Waals surface area contributed by atoms with Crippen LogP contribution < -0.4 is 0 Å². The van der Waals surface area contributed by atoms with Crippen molar-refractivity contribution in [1.29, 1.82) is 0 Å². The maximum Gasteiger partial charge on any atom is 0.0650 e. The van der Waals surface area contributed by atoms with Crippen molar-refractivity contribution in [2.75, 3.05) is 0 Å². The molecule has 1 nitrogen and oxygen atoms in total. The molecule has 1 rings (SSSR count). The lowest BCUT2D eigenvalue weighted by Crippen LogP contribution is -2.40. The van der Waals surface area contributed by atoms with Crippen LogP contribution in [0.3, 0.4) is 0 Å². The van der Waals surface area contributed by atoms with Gasteiger partial charge in [0.05, 0.1) is 5.60 Å². The molecular formula is C10H20O. The highest BCUT2D eigenvalue weighted by Crippen LogP contribution is 2.37. The number of rotatable bonds is 1. The Bertz CT molecular complexity index is 127. The van der Waals surface area contributed by atoms with Gasteiger partial charge in [0.1, 0.15) is 0 Å². The average Bonchev–Trinajstić information content (AvgIpc) is 1.85. The molecule has 0 aromatic heterocycles. The fourth-order valence-electron chi connectivity index (χ4n) is 2.39. The zero-order chi connectivity index (χ0) is 8.48. The van der Waals surface area contributed by atoms with Gasteiger partial charge in [0, 0.05) is 0 Å². The van der Waals surface area contributed by atoms with Crippen LogP contribution in [0, 0.1) is 11.8 Å². The Morgan fingerprint density at radius 3 is 2.36 bits per heavy atom. The highest BCUT2D eigenvalue weighted by Gasteiger charge is 2.35. The summed E-state index contributed by atoms with van der Waals surface area (Å²) in [4.78, 5) is 0. The van der Waals surface area contributed by atoms with E-state index < -0.39 is 0 Å². The lowest BCUT2D eigenvalue weighted by atomic mass is 9.71. The van der Waals surface area contributed by atoms with Gasteiger partial charge in [-0.25, -0.2) is 0 Å². The summed E-state index contributed by atoms with van der Waals surface area (Å²) < 4.78 is 0. The molecule has 0 radical (unpaired) electrons. The molecule has 0 aliphatic heterocycles. The summed E-state index contributed by atoms with van der Waals surface area (Å²) >= 11 is 0. The molecule has 1 aliphatic carbocycles. The summed E-state index contributed by atoms with van der Waals surface area (Å²) in [5.74, 6) is 1.15. The zero-order valence-electron chi connectivity index (χ0n) is 7.93. The van der Waals surface area contributed by atoms with Gasteiger partial charge in [-0.3, -0.25) is 0 Å². The van der Waals surface area contributed by atoms with E-state index in [2.05, 4.69) is 13.8 Å². The molecule has 1 N–H and O–H groups in total. The summed E-state index contributed by atoms with van der Waals surface area (Å²) in [6.45, 7) is 6.42. The third-order valence-electron chi connectivity index (χ3n) is 3.05. The summed E-state index contributed by atoms with van der Waals surface area (Å²) in [5, 5.41) is 10.0. The van der Waals surface area contributed by atoms with E-state index in [1.165, 1.54) is 19.3 Å². The lowest BCUT2D eigenvalue weighted by Gasteiger charge is -2.39. The minimum Gasteiger partial charge on any atom is -0.390 e. The number of hydrogen-bond donors (Lipinski definition) is 1. The monoisotopic (exact) mass is 156 g/mol. The van der Waals surface area contributed by atoms with Crippen LogP contribution in [0.5, 0.6) is 0 Å². The quantitative estimate of drug-likeness (QED) is 0.618. The van der Waals surface area contributed by atoms with Gasteiger partial charge in [0.25, 0.3) is 0 Å². The minimum atomic E-state index is -0.383. The Hall–Kier alpha value is -0.0400. The van der Waals surface area contributed by atoms with E-state index in [9.17, 15) is 5.11 Å². The molecule has 0 aromatic rings. The van der Waals surface area contributed by atoms with E-state index in [0.29, 0.717) is 11.8 Å². The van der Waals surface area contributed by atoms with Gasteiger partial charge >= 0.3 is 0 Å². The predicted octanol–water partition coefficient (Wildman–Crippen LogP) is 2.58. The maximum atomic E-state index is 10.0. The van der Waals surface area contributed by atoms with Gasteiger partial charge < -0.3 is 5.11 Å². The average molecular weight is 156 g/mol. The molecule has 11 heavy (non-hydrogen) atoms. The van der Waals surface area contributed by atoms with E-state index in [4.69, 9.17) is 0 Å². The Labute approximate surface area is 69.8 Å². The first-order valence-corrected chi connectivity index (χ1v) is 4.76. The molecule has 0 bridgehead atoms. The fraction of sp³-hybridized carbons (Fsp3) is 1.00. The van der Waals surface area contributed by atoms with Gasteiger partial charge in [0.2, 0.25) is 0 Å². The summed E-state index contributed by atoms with van der Waals surface area (Å²) in [6.07, 6.45) is 4.72. The van der Waals surface area contributed by atoms with Gasteiger partial charge in [-0.15, -0.1) is 0 Å². The first-order valence-electron chi connectivity index (χ1n) is 4.76. The number of aliphatic hydroxyl groups is 1. The molecule has 1 saturated carbocycles. The molecule has 0 heterocycles. The summed E-state index contributed by atoms with van der Waals surface area (Å²) in [5.41, 5.74) is -0.383. The third kappa shape index (κ3) is 1.96. The smallest absolute Gasteiger partial charge is 0.0650 e. The van der Waals surface area contributed by atoms with E-state index in [-0.39, 0.29) is 5.60 Å². The summed E-state index contributed by atoms with van der Waals surface area (Å²) in [7, 11) is 0. The van der Waals surface area contributed by atoms with Crippen LogP contribution in [0.4, 0.5) is 0 Å². The Morgan fingerprint density at radius 2 is 2.00 bits per heavy atom. The van der Waals surface area contributed by atoms with E-state index in [0.717, 1.165) is 6.42 Å². The third-order valence-corrected chi connectivity index (χ3v) is 3.05. The predicted molar refractivity (Wildman–Crippen MR) is 47.4 cm³/mol. The normalized spacial score (nSPS) is 39.5. The minimum absolute atomic E-state index is 0.383. The van der Waals surface area contributed by atoms with Gasteiger partial charge in [-0.1, -0.05) is 26.7 Å². The van der Waals surface area contributed by atoms with E-state index in [1.54, 1.807) is 0 Å². The van der Waals surface area contributed by atoms with Crippen molar-refractivity contribution in [1.82, 2.24) is 0 Å². The van der Waals surface area contributed by atoms with Crippen LogP contribution in [0.1, 0.15) is 46.5 Å². The van der Waals surface area contributed by atoms with Crippen LogP contribution in [-0.2, 0) is 0 Å². The highest BCUT2D eigenvalue weighted by atomic mass is 16.3. The maximum absolute atomic E-state index is 10.0. The second-order valence-corrected chi connectivity index (χ2v) is 4.45. The second-order valence-electron chi connectivity index (χ2n) is 4.45. The molecule has 2 unspecified atom stereocenters. The van der Waals surface area contributed by atoms with Crippen LogP contribution in [-0.4, -0.2) is 10.7 Å². The second kappa shape index (κ2) is 3.14. The van der Waals surface area contributed by atoms with Crippen molar-refractivity contribution < 1.29 is 5.11 Å². The molecule has 2 atom stereocenters. The van der Waals surface area contributed by atoms with Crippen LogP contribution in [0.25, 0.3) is 0 Å². The molecule has 0 spiro atoms. The van der Waals surface area contributed by atoms with Crippen LogP contribution >= 0.6 is 0 Å². The lowest BCUT2D eigenvalue weighted by molar-refractivity contribution is -0.0500. The molecule has 0 amide bonds. The van der Waals surface area contributed by atoms with Crippen molar-refractivity contribution in [3.05, 3.63) is 0 Å². The van der Waals surface area contributed by atoms with Crippen molar-refractivity contribution in [2.24, 2.45) is 11.8 Å². The topological polar surface area (TPSA) is 20.2 Å². The van der Waals surface area contributed by atoms with Gasteiger partial charge in [0.15, 0.2) is 0 Å². The van der Waals surface area contributed by atoms with E-state index >= 15 is 0 Å². The molecule has 0 saturated heterocycles. The van der Waals surface area contributed by atoms with Crippen molar-refractivity contribution >= 4 is 0 Å². The highest BCUT2D eigenvalue weighted by molar-refractivity contribution is 4.87. The Kier molecular flexibility index (Phi) is 2.58. The van der Waals surface area contributed by atoms with Gasteiger partial charge in [-0.2, -0.15) is 0 Å². The Balaban J connectivity index is 2.60. The fourth-order valence-corrected chi connectivity index (χ4v) is 2.39. The molecule has 1 fully saturated rings.